The maximum absolute atomic E-state index is 3.77. The molecule has 0 aromatic carbocycles. The summed E-state index contributed by atoms with van der Waals surface area (Å²) in [6.45, 7) is 10.5. The van der Waals surface area contributed by atoms with Gasteiger partial charge < -0.3 is 5.32 Å². The van der Waals surface area contributed by atoms with Crippen LogP contribution in [0.4, 0.5) is 0 Å². The number of thiophene rings is 1. The largest absolute Gasteiger partial charge is 0.309 e. The van der Waals surface area contributed by atoms with Gasteiger partial charge in [-0.25, -0.2) is 0 Å². The van der Waals surface area contributed by atoms with Crippen LogP contribution in [0.25, 0.3) is 0 Å². The molecule has 96 valence electrons. The topological polar surface area (TPSA) is 12.0 Å². The molecule has 1 nitrogen and oxygen atoms in total. The average Bonchev–Trinajstić information content (AvgIpc) is 2.79. The molecular weight excluding hydrogens is 226 g/mol. The summed E-state index contributed by atoms with van der Waals surface area (Å²) in [5.41, 5.74) is 2.05. The fourth-order valence-electron chi connectivity index (χ4n) is 3.23. The zero-order valence-corrected chi connectivity index (χ0v) is 12.4. The molecule has 2 atom stereocenters. The molecule has 2 rings (SSSR count). The average molecular weight is 251 g/mol. The van der Waals surface area contributed by atoms with Crippen LogP contribution in [-0.2, 0) is 13.0 Å². The molecule has 2 unspecified atom stereocenters. The van der Waals surface area contributed by atoms with Crippen LogP contribution >= 0.6 is 11.3 Å². The second-order valence-corrected chi connectivity index (χ2v) is 7.26. The van der Waals surface area contributed by atoms with Crippen molar-refractivity contribution in [2.45, 2.75) is 59.5 Å². The Labute approximate surface area is 110 Å². The van der Waals surface area contributed by atoms with Gasteiger partial charge in [-0.3, -0.25) is 0 Å². The van der Waals surface area contributed by atoms with Crippen molar-refractivity contribution in [2.24, 2.45) is 11.3 Å². The molecule has 0 saturated heterocycles. The van der Waals surface area contributed by atoms with Crippen LogP contribution in [0.1, 0.15) is 51.0 Å². The summed E-state index contributed by atoms with van der Waals surface area (Å²) < 4.78 is 0. The Morgan fingerprint density at radius 3 is 2.76 bits per heavy atom. The summed E-state index contributed by atoms with van der Waals surface area (Å²) in [5.74, 6) is 0.815. The monoisotopic (exact) mass is 251 g/mol. The van der Waals surface area contributed by atoms with Gasteiger partial charge in [0.05, 0.1) is 0 Å². The van der Waals surface area contributed by atoms with Gasteiger partial charge in [0.25, 0.3) is 0 Å². The number of hydrogen-bond donors (Lipinski definition) is 1. The maximum Gasteiger partial charge on any atom is 0.0305 e. The van der Waals surface area contributed by atoms with E-state index in [4.69, 9.17) is 0 Å². The van der Waals surface area contributed by atoms with Crippen molar-refractivity contribution in [3.63, 3.8) is 0 Å². The van der Waals surface area contributed by atoms with Crippen LogP contribution in [0.15, 0.2) is 11.4 Å². The van der Waals surface area contributed by atoms with Gasteiger partial charge in [0.2, 0.25) is 0 Å². The lowest BCUT2D eigenvalue weighted by Gasteiger charge is -2.18. The summed E-state index contributed by atoms with van der Waals surface area (Å²) in [5, 5.41) is 5.99. The molecule has 0 amide bonds. The van der Waals surface area contributed by atoms with Crippen molar-refractivity contribution in [3.8, 4) is 0 Å². The zero-order valence-electron chi connectivity index (χ0n) is 11.5. The molecule has 1 fully saturated rings. The summed E-state index contributed by atoms with van der Waals surface area (Å²) in [6.07, 6.45) is 3.84. The molecule has 0 radical (unpaired) electrons. The lowest BCUT2D eigenvalue weighted by Crippen LogP contribution is -2.31. The van der Waals surface area contributed by atoms with Crippen molar-refractivity contribution in [1.29, 1.82) is 0 Å². The highest BCUT2D eigenvalue weighted by atomic mass is 32.1. The van der Waals surface area contributed by atoms with Crippen molar-refractivity contribution < 1.29 is 0 Å². The maximum atomic E-state index is 3.77. The van der Waals surface area contributed by atoms with E-state index in [-0.39, 0.29) is 0 Å². The van der Waals surface area contributed by atoms with Gasteiger partial charge in [0.15, 0.2) is 0 Å². The van der Waals surface area contributed by atoms with E-state index in [9.17, 15) is 0 Å². The quantitative estimate of drug-likeness (QED) is 0.844. The van der Waals surface area contributed by atoms with Crippen molar-refractivity contribution in [3.05, 3.63) is 21.9 Å². The van der Waals surface area contributed by atoms with Crippen LogP contribution in [0, 0.1) is 11.3 Å². The minimum Gasteiger partial charge on any atom is -0.309 e. The SMILES string of the molecule is CCc1ccsc1CNC1CC(C)(C)CC1C. The standard InChI is InChI=1S/C15H25NS/c1-5-12-6-7-17-14(12)10-16-13-9-15(3,4)8-11(13)2/h6-7,11,13,16H,5,8-10H2,1-4H3. The Balaban J connectivity index is 1.91. The van der Waals surface area contributed by atoms with E-state index in [1.54, 1.807) is 0 Å². The predicted octanol–water partition coefficient (Wildman–Crippen LogP) is 4.22. The van der Waals surface area contributed by atoms with Crippen LogP contribution in [-0.4, -0.2) is 6.04 Å². The molecule has 1 aliphatic carbocycles. The van der Waals surface area contributed by atoms with Crippen LogP contribution in [0.3, 0.4) is 0 Å². The molecule has 1 N–H and O–H groups in total. The molecule has 0 spiro atoms. The molecule has 1 aromatic rings. The Morgan fingerprint density at radius 2 is 2.18 bits per heavy atom. The van der Waals surface area contributed by atoms with Crippen molar-refractivity contribution in [1.82, 2.24) is 5.32 Å². The second kappa shape index (κ2) is 5.11. The zero-order chi connectivity index (χ0) is 12.5. The molecule has 1 aliphatic rings. The predicted molar refractivity (Wildman–Crippen MR) is 76.5 cm³/mol. The van der Waals surface area contributed by atoms with Gasteiger partial charge in [0, 0.05) is 17.5 Å². The van der Waals surface area contributed by atoms with E-state index in [2.05, 4.69) is 44.5 Å². The van der Waals surface area contributed by atoms with Crippen molar-refractivity contribution >= 4 is 11.3 Å². The first-order chi connectivity index (χ1) is 8.02. The minimum atomic E-state index is 0.528. The third-order valence-corrected chi connectivity index (χ3v) is 5.04. The second-order valence-electron chi connectivity index (χ2n) is 6.26. The number of aryl methyl sites for hydroxylation is 1. The Hall–Kier alpha value is -0.340. The molecule has 17 heavy (non-hydrogen) atoms. The number of hydrogen-bond acceptors (Lipinski definition) is 2. The first-order valence-electron chi connectivity index (χ1n) is 6.80. The molecule has 1 saturated carbocycles. The summed E-state index contributed by atoms with van der Waals surface area (Å²) in [4.78, 5) is 1.53. The number of nitrogens with one attached hydrogen (secondary N) is 1. The highest BCUT2D eigenvalue weighted by Gasteiger charge is 2.36. The van der Waals surface area contributed by atoms with Gasteiger partial charge in [-0.05, 0) is 47.6 Å². The van der Waals surface area contributed by atoms with Crippen LogP contribution in [0.5, 0.6) is 0 Å². The van der Waals surface area contributed by atoms with E-state index >= 15 is 0 Å². The van der Waals surface area contributed by atoms with Gasteiger partial charge in [-0.1, -0.05) is 27.7 Å². The summed E-state index contributed by atoms with van der Waals surface area (Å²) >= 11 is 1.90. The Kier molecular flexibility index (Phi) is 3.94. The lowest BCUT2D eigenvalue weighted by molar-refractivity contribution is 0.362. The lowest BCUT2D eigenvalue weighted by atomic mass is 9.91. The fraction of sp³-hybridized carbons (Fsp3) is 0.733. The van der Waals surface area contributed by atoms with E-state index in [0.717, 1.165) is 18.9 Å². The van der Waals surface area contributed by atoms with E-state index in [0.29, 0.717) is 11.5 Å². The minimum absolute atomic E-state index is 0.528. The first-order valence-corrected chi connectivity index (χ1v) is 7.68. The fourth-order valence-corrected chi connectivity index (χ4v) is 4.16. The first kappa shape index (κ1) is 13.1. The molecule has 1 aromatic heterocycles. The Morgan fingerprint density at radius 1 is 1.41 bits per heavy atom. The highest BCUT2D eigenvalue weighted by molar-refractivity contribution is 7.10. The van der Waals surface area contributed by atoms with Crippen molar-refractivity contribution in [2.75, 3.05) is 0 Å². The Bertz CT molecular complexity index is 367. The van der Waals surface area contributed by atoms with E-state index in [1.165, 1.54) is 23.3 Å². The number of rotatable bonds is 4. The summed E-state index contributed by atoms with van der Waals surface area (Å²) in [6, 6.07) is 2.97. The normalized spacial score (nSPS) is 27.5. The van der Waals surface area contributed by atoms with Crippen LogP contribution < -0.4 is 5.32 Å². The van der Waals surface area contributed by atoms with Gasteiger partial charge in [0.1, 0.15) is 0 Å². The van der Waals surface area contributed by atoms with E-state index < -0.39 is 0 Å². The molecule has 1 heterocycles. The summed E-state index contributed by atoms with van der Waals surface area (Å²) in [7, 11) is 0. The smallest absolute Gasteiger partial charge is 0.0305 e. The van der Waals surface area contributed by atoms with Crippen LogP contribution in [0.2, 0.25) is 0 Å². The highest BCUT2D eigenvalue weighted by Crippen LogP contribution is 2.41. The molecule has 0 bridgehead atoms. The van der Waals surface area contributed by atoms with E-state index in [1.807, 2.05) is 11.3 Å². The molecular formula is C15H25NS. The third kappa shape index (κ3) is 3.11. The molecule has 2 heteroatoms. The molecule has 0 aliphatic heterocycles. The van der Waals surface area contributed by atoms with Gasteiger partial charge in [-0.15, -0.1) is 11.3 Å². The third-order valence-electron chi connectivity index (χ3n) is 4.08. The van der Waals surface area contributed by atoms with Gasteiger partial charge in [-0.2, -0.15) is 0 Å². The van der Waals surface area contributed by atoms with Gasteiger partial charge >= 0.3 is 0 Å².